The third kappa shape index (κ3) is 11.6. The average molecular weight is 978 g/mol. The molecule has 0 radical (unpaired) electrons. The molecular formula is C42H46BBrN8O10S2. The summed E-state index contributed by atoms with van der Waals surface area (Å²) in [5.41, 5.74) is 4.44. The van der Waals surface area contributed by atoms with E-state index in [-0.39, 0.29) is 47.8 Å². The van der Waals surface area contributed by atoms with Crippen LogP contribution in [0, 0.1) is 0 Å². The first-order chi connectivity index (χ1) is 29.8. The van der Waals surface area contributed by atoms with Gasteiger partial charge in [0.25, 0.3) is 20.0 Å². The summed E-state index contributed by atoms with van der Waals surface area (Å²) in [6, 6.07) is 20.8. The minimum Gasteiger partial charge on any atom is -0.495 e. The summed E-state index contributed by atoms with van der Waals surface area (Å²) in [6.45, 7) is 3.90. The summed E-state index contributed by atoms with van der Waals surface area (Å²) >= 11 is 3.35. The molecule has 0 spiro atoms. The highest BCUT2D eigenvalue weighted by atomic mass is 79.9. The number of hydrogen-bond acceptors (Lipinski definition) is 16. The van der Waals surface area contributed by atoms with Gasteiger partial charge in [0.1, 0.15) is 33.9 Å². The van der Waals surface area contributed by atoms with Crippen molar-refractivity contribution in [3.05, 3.63) is 126 Å². The third-order valence-electron chi connectivity index (χ3n) is 9.01. The number of ether oxygens (including phenoxy) is 2. The Balaban J connectivity index is 0.000000232. The van der Waals surface area contributed by atoms with Crippen molar-refractivity contribution in [1.29, 1.82) is 0 Å². The van der Waals surface area contributed by atoms with Gasteiger partial charge < -0.3 is 28.6 Å². The number of fused-ring (bicyclic) bond motifs is 2. The Bertz CT molecular complexity index is 3020. The fraction of sp³-hybridized carbons (Fsp3) is 0.190. The fourth-order valence-corrected chi connectivity index (χ4v) is 8.72. The number of aryl methyl sites for hydroxylation is 2. The zero-order chi connectivity index (χ0) is 44.4. The van der Waals surface area contributed by atoms with E-state index in [1.807, 2.05) is 32.0 Å². The zero-order valence-corrected chi connectivity index (χ0v) is 36.6. The van der Waals surface area contributed by atoms with Gasteiger partial charge in [-0.3, -0.25) is 9.44 Å². The van der Waals surface area contributed by atoms with Crippen LogP contribution >= 0.6 is 15.9 Å². The monoisotopic (exact) mass is 976 g/mol. The van der Waals surface area contributed by atoms with Crippen LogP contribution in [0.3, 0.4) is 0 Å². The second-order valence-corrected chi connectivity index (χ2v) is 17.1. The van der Waals surface area contributed by atoms with Crippen LogP contribution in [-0.2, 0) is 32.9 Å². The van der Waals surface area contributed by atoms with Gasteiger partial charge in [-0.2, -0.15) is 0 Å². The Hall–Kier alpha value is -6.46. The molecule has 0 fully saturated rings. The highest BCUT2D eigenvalue weighted by molar-refractivity contribution is 9.10. The summed E-state index contributed by atoms with van der Waals surface area (Å²) in [7, 11) is -6.43. The molecule has 22 heteroatoms. The topological polar surface area (TPSA) is 255 Å². The summed E-state index contributed by atoms with van der Waals surface area (Å²) in [6.07, 6.45) is 10.2. The smallest absolute Gasteiger partial charge is 0.491 e. The van der Waals surface area contributed by atoms with E-state index in [4.69, 9.17) is 28.6 Å². The number of methoxy groups -OCH3 is 2. The first-order valence-electron chi connectivity index (χ1n) is 18.5. The lowest BCUT2D eigenvalue weighted by molar-refractivity contribution is 0.402. The molecule has 0 aliphatic rings. The van der Waals surface area contributed by atoms with Crippen LogP contribution in [0.1, 0.15) is 39.8 Å². The standard InChI is InChI=1S/C20H18N4O4S.C16H15BrN2O4S.C4H5BN2O2.2CH4/c1-3-13-7-8-17(27-2)18(9-13)29(25,26)24-20-16-6-4-5-15(19(16)28-23-20)14-10-21-12-22-11-14;1-3-10-7-8-13(22-2)14(9-10)24(20,21)19-16-11-5-4-6-12(17)15(11)23-18-16;8-5(9)4-1-6-3-7-2-4;;/h4-12H,3H2,1-2H3,(H,23,24);4-9H,3H2,1-2H3,(H,18,19);1-3,8-9H;2*1H4. The van der Waals surface area contributed by atoms with E-state index in [2.05, 4.69) is 55.6 Å². The summed E-state index contributed by atoms with van der Waals surface area (Å²) in [4.78, 5) is 15.3. The molecular weight excluding hydrogens is 931 g/mol. The number of benzene rings is 4. The van der Waals surface area contributed by atoms with Crippen LogP contribution in [0.5, 0.6) is 11.5 Å². The molecule has 4 aromatic heterocycles. The molecule has 18 nitrogen and oxygen atoms in total. The van der Waals surface area contributed by atoms with Gasteiger partial charge in [-0.05, 0) is 82.4 Å². The number of anilines is 2. The highest BCUT2D eigenvalue weighted by Gasteiger charge is 2.25. The first-order valence-corrected chi connectivity index (χ1v) is 22.2. The van der Waals surface area contributed by atoms with Gasteiger partial charge in [0, 0.05) is 41.4 Å². The fourth-order valence-electron chi connectivity index (χ4n) is 5.81. The quantitative estimate of drug-likeness (QED) is 0.0895. The van der Waals surface area contributed by atoms with Gasteiger partial charge >= 0.3 is 7.12 Å². The van der Waals surface area contributed by atoms with Gasteiger partial charge in [-0.15, -0.1) is 0 Å². The second-order valence-electron chi connectivity index (χ2n) is 12.9. The maximum atomic E-state index is 13.1. The highest BCUT2D eigenvalue weighted by Crippen LogP contribution is 2.35. The molecule has 64 heavy (non-hydrogen) atoms. The second kappa shape index (κ2) is 22.3. The van der Waals surface area contributed by atoms with E-state index in [1.54, 1.807) is 67.0 Å². The number of nitrogens with one attached hydrogen (secondary N) is 2. The molecule has 0 aliphatic carbocycles. The molecule has 336 valence electrons. The Kier molecular flexibility index (Phi) is 17.5. The number of halogens is 1. The predicted molar refractivity (Wildman–Crippen MR) is 248 cm³/mol. The van der Waals surface area contributed by atoms with Gasteiger partial charge in [0.15, 0.2) is 22.8 Å². The van der Waals surface area contributed by atoms with Crippen LogP contribution in [0.2, 0.25) is 0 Å². The van der Waals surface area contributed by atoms with Crippen LogP contribution in [-0.4, -0.2) is 78.5 Å². The first kappa shape index (κ1) is 50.2. The van der Waals surface area contributed by atoms with Gasteiger partial charge in [0.05, 0.1) is 29.5 Å². The van der Waals surface area contributed by atoms with Crippen molar-refractivity contribution in [3.8, 4) is 22.6 Å². The van der Waals surface area contributed by atoms with E-state index < -0.39 is 27.2 Å². The number of hydrogen-bond donors (Lipinski definition) is 4. The van der Waals surface area contributed by atoms with Crippen molar-refractivity contribution < 1.29 is 45.4 Å². The minimum absolute atomic E-state index is 0. The van der Waals surface area contributed by atoms with Crippen molar-refractivity contribution in [2.24, 2.45) is 0 Å². The Morgan fingerprint density at radius 1 is 0.656 bits per heavy atom. The van der Waals surface area contributed by atoms with Crippen molar-refractivity contribution in [3.63, 3.8) is 0 Å². The molecule has 0 aliphatic heterocycles. The largest absolute Gasteiger partial charge is 0.495 e. The van der Waals surface area contributed by atoms with E-state index in [9.17, 15) is 16.8 Å². The molecule has 0 atom stereocenters. The third-order valence-corrected chi connectivity index (χ3v) is 12.4. The van der Waals surface area contributed by atoms with Crippen molar-refractivity contribution >= 4 is 82.1 Å². The lowest BCUT2D eigenvalue weighted by atomic mass is 9.83. The molecule has 4 aromatic carbocycles. The van der Waals surface area contributed by atoms with E-state index in [0.29, 0.717) is 50.3 Å². The molecule has 4 heterocycles. The zero-order valence-electron chi connectivity index (χ0n) is 33.4. The molecule has 0 amide bonds. The lowest BCUT2D eigenvalue weighted by Gasteiger charge is -2.11. The van der Waals surface area contributed by atoms with Crippen LogP contribution < -0.4 is 24.4 Å². The van der Waals surface area contributed by atoms with Crippen LogP contribution in [0.15, 0.2) is 134 Å². The normalized spacial score (nSPS) is 10.9. The Labute approximate surface area is 379 Å². The SMILES string of the molecule is C.C.CCc1ccc(OC)c(S(=O)(=O)Nc2noc3c(-c4cncnc4)cccc23)c1.CCc1ccc(OC)c(S(=O)(=O)Nc2noc3c(Br)cccc23)c1.OB(O)c1cncnc1. The van der Waals surface area contributed by atoms with E-state index >= 15 is 0 Å². The molecule has 8 aromatic rings. The molecule has 4 N–H and O–H groups in total. The summed E-state index contributed by atoms with van der Waals surface area (Å²) in [5.74, 6) is 0.760. The number of para-hydroxylation sites is 2. The molecule has 0 bridgehead atoms. The molecule has 0 saturated heterocycles. The number of aromatic nitrogens is 6. The average Bonchev–Trinajstić information content (AvgIpc) is 3.90. The maximum Gasteiger partial charge on any atom is 0.491 e. The Morgan fingerprint density at radius 2 is 1.11 bits per heavy atom. The molecule has 0 saturated carbocycles. The van der Waals surface area contributed by atoms with Crippen molar-refractivity contribution in [1.82, 2.24) is 30.2 Å². The van der Waals surface area contributed by atoms with Gasteiger partial charge in [0.2, 0.25) is 0 Å². The molecule has 8 rings (SSSR count). The van der Waals surface area contributed by atoms with Gasteiger partial charge in [-0.25, -0.2) is 36.8 Å². The summed E-state index contributed by atoms with van der Waals surface area (Å²) in [5, 5.41) is 25.9. The minimum atomic E-state index is -3.95. The summed E-state index contributed by atoms with van der Waals surface area (Å²) < 4.78 is 78.5. The van der Waals surface area contributed by atoms with E-state index in [1.165, 1.54) is 39.3 Å². The van der Waals surface area contributed by atoms with Crippen LogP contribution in [0.4, 0.5) is 11.6 Å². The van der Waals surface area contributed by atoms with Crippen molar-refractivity contribution in [2.45, 2.75) is 51.3 Å². The molecule has 0 unspecified atom stereocenters. The predicted octanol–water partition coefficient (Wildman–Crippen LogP) is 7.05. The van der Waals surface area contributed by atoms with Crippen LogP contribution in [0.25, 0.3) is 33.1 Å². The van der Waals surface area contributed by atoms with Crippen molar-refractivity contribution in [2.75, 3.05) is 23.7 Å². The number of rotatable bonds is 12. The maximum absolute atomic E-state index is 13.1. The number of nitrogens with zero attached hydrogens (tertiary/aromatic N) is 6. The lowest BCUT2D eigenvalue weighted by Crippen LogP contribution is -2.30. The van der Waals surface area contributed by atoms with Gasteiger partial charge in [-0.1, -0.05) is 69.3 Å². The number of sulfonamides is 2. The Morgan fingerprint density at radius 3 is 1.56 bits per heavy atom. The van der Waals surface area contributed by atoms with E-state index in [0.717, 1.165) is 16.7 Å².